The van der Waals surface area contributed by atoms with Gasteiger partial charge in [-0.1, -0.05) is 0 Å². The molecule has 2 aliphatic rings. The second kappa shape index (κ2) is 7.02. The first-order valence-corrected chi connectivity index (χ1v) is 7.89. The zero-order chi connectivity index (χ0) is 13.8. The van der Waals surface area contributed by atoms with E-state index in [4.69, 9.17) is 0 Å². The van der Waals surface area contributed by atoms with Gasteiger partial charge < -0.3 is 15.1 Å². The molecular weight excluding hydrogens is 236 g/mol. The quantitative estimate of drug-likeness (QED) is 0.804. The number of piperazine rings is 1. The zero-order valence-corrected chi connectivity index (χ0v) is 13.2. The van der Waals surface area contributed by atoms with Gasteiger partial charge in [0, 0.05) is 38.3 Å². The van der Waals surface area contributed by atoms with Crippen LogP contribution in [0, 0.1) is 5.92 Å². The maximum atomic E-state index is 3.46. The Hall–Kier alpha value is -0.160. The zero-order valence-electron chi connectivity index (χ0n) is 13.2. The Balaban J connectivity index is 1.97. The van der Waals surface area contributed by atoms with Crippen LogP contribution in [-0.4, -0.2) is 87.2 Å². The average Bonchev–Trinajstić information content (AvgIpc) is 2.42. The molecule has 0 bridgehead atoms. The van der Waals surface area contributed by atoms with Gasteiger partial charge in [-0.05, 0) is 59.9 Å². The molecule has 2 atom stereocenters. The summed E-state index contributed by atoms with van der Waals surface area (Å²) < 4.78 is 0. The maximum Gasteiger partial charge on any atom is 0.0271 e. The van der Waals surface area contributed by atoms with E-state index in [0.717, 1.165) is 19.0 Å². The summed E-state index contributed by atoms with van der Waals surface area (Å²) in [5.41, 5.74) is 0. The normalized spacial score (nSPS) is 27.6. The van der Waals surface area contributed by atoms with Gasteiger partial charge >= 0.3 is 0 Å². The average molecular weight is 268 g/mol. The fraction of sp³-hybridized carbons (Fsp3) is 1.00. The van der Waals surface area contributed by atoms with Crippen LogP contribution in [0.1, 0.15) is 19.8 Å². The summed E-state index contributed by atoms with van der Waals surface area (Å²) in [5, 5.41) is 3.46. The van der Waals surface area contributed by atoms with Crippen molar-refractivity contribution in [3.8, 4) is 0 Å². The molecule has 0 aromatic carbocycles. The molecule has 2 heterocycles. The van der Waals surface area contributed by atoms with Crippen molar-refractivity contribution in [2.45, 2.75) is 31.8 Å². The number of likely N-dealkylation sites (tertiary alicyclic amines) is 1. The van der Waals surface area contributed by atoms with Crippen LogP contribution in [0.15, 0.2) is 0 Å². The number of piperidine rings is 1. The molecule has 2 rings (SSSR count). The fourth-order valence-electron chi connectivity index (χ4n) is 3.92. The molecule has 1 N–H and O–H groups in total. The highest BCUT2D eigenvalue weighted by atomic mass is 15.3. The highest BCUT2D eigenvalue weighted by Crippen LogP contribution is 2.26. The SMILES string of the molecule is CC(C(C1CCN(C)CC1)N(C)C)N1CCNCC1. The topological polar surface area (TPSA) is 21.8 Å². The molecule has 4 heteroatoms. The Labute approximate surface area is 119 Å². The number of nitrogens with zero attached hydrogens (tertiary/aromatic N) is 3. The lowest BCUT2D eigenvalue weighted by Crippen LogP contribution is -2.57. The van der Waals surface area contributed by atoms with Gasteiger partial charge in [-0.2, -0.15) is 0 Å². The van der Waals surface area contributed by atoms with Gasteiger partial charge in [0.05, 0.1) is 0 Å². The van der Waals surface area contributed by atoms with Crippen LogP contribution in [0.25, 0.3) is 0 Å². The van der Waals surface area contributed by atoms with Gasteiger partial charge in [0.15, 0.2) is 0 Å². The van der Waals surface area contributed by atoms with Crippen LogP contribution in [-0.2, 0) is 0 Å². The Kier molecular flexibility index (Phi) is 5.63. The van der Waals surface area contributed by atoms with Crippen LogP contribution in [0.4, 0.5) is 0 Å². The van der Waals surface area contributed by atoms with E-state index in [0.29, 0.717) is 12.1 Å². The lowest BCUT2D eigenvalue weighted by molar-refractivity contribution is 0.0484. The van der Waals surface area contributed by atoms with Crippen LogP contribution < -0.4 is 5.32 Å². The van der Waals surface area contributed by atoms with Crippen LogP contribution in [0.2, 0.25) is 0 Å². The monoisotopic (exact) mass is 268 g/mol. The molecule has 0 amide bonds. The summed E-state index contributed by atoms with van der Waals surface area (Å²) in [6.07, 6.45) is 2.71. The molecule has 0 aromatic rings. The minimum absolute atomic E-state index is 0.672. The molecule has 19 heavy (non-hydrogen) atoms. The van der Waals surface area contributed by atoms with Crippen molar-refractivity contribution in [1.29, 1.82) is 0 Å². The molecule has 0 aromatic heterocycles. The van der Waals surface area contributed by atoms with E-state index in [1.807, 2.05) is 0 Å². The fourth-order valence-corrected chi connectivity index (χ4v) is 3.92. The number of hydrogen-bond donors (Lipinski definition) is 1. The van der Waals surface area contributed by atoms with Crippen LogP contribution in [0.5, 0.6) is 0 Å². The predicted molar refractivity (Wildman–Crippen MR) is 81.6 cm³/mol. The van der Waals surface area contributed by atoms with E-state index >= 15 is 0 Å². The van der Waals surface area contributed by atoms with E-state index < -0.39 is 0 Å². The Morgan fingerprint density at radius 1 is 1.05 bits per heavy atom. The molecule has 2 fully saturated rings. The summed E-state index contributed by atoms with van der Waals surface area (Å²) in [4.78, 5) is 7.63. The highest BCUT2D eigenvalue weighted by molar-refractivity contribution is 4.90. The lowest BCUT2D eigenvalue weighted by atomic mass is 9.84. The molecule has 2 saturated heterocycles. The van der Waals surface area contributed by atoms with Gasteiger partial charge in [0.2, 0.25) is 0 Å². The van der Waals surface area contributed by atoms with Crippen LogP contribution >= 0.6 is 0 Å². The summed E-state index contributed by atoms with van der Waals surface area (Å²) in [6.45, 7) is 9.69. The second-order valence-electron chi connectivity index (χ2n) is 6.62. The minimum Gasteiger partial charge on any atom is -0.314 e. The molecular formula is C15H32N4. The van der Waals surface area contributed by atoms with Gasteiger partial charge in [-0.3, -0.25) is 4.90 Å². The first-order valence-electron chi connectivity index (χ1n) is 7.89. The third kappa shape index (κ3) is 3.91. The van der Waals surface area contributed by atoms with Gasteiger partial charge in [0.1, 0.15) is 0 Å². The molecule has 0 saturated carbocycles. The molecule has 2 unspecified atom stereocenters. The minimum atomic E-state index is 0.672. The largest absolute Gasteiger partial charge is 0.314 e. The highest BCUT2D eigenvalue weighted by Gasteiger charge is 2.33. The van der Waals surface area contributed by atoms with Crippen molar-refractivity contribution >= 4 is 0 Å². The predicted octanol–water partition coefficient (Wildman–Crippen LogP) is 0.552. The first kappa shape index (κ1) is 15.2. The lowest BCUT2D eigenvalue weighted by Gasteiger charge is -2.45. The molecule has 4 nitrogen and oxygen atoms in total. The van der Waals surface area contributed by atoms with Gasteiger partial charge in [-0.15, -0.1) is 0 Å². The second-order valence-corrected chi connectivity index (χ2v) is 6.62. The maximum absolute atomic E-state index is 3.46. The summed E-state index contributed by atoms with van der Waals surface area (Å²) in [6, 6.07) is 1.37. The third-order valence-electron chi connectivity index (χ3n) is 5.06. The molecule has 0 radical (unpaired) electrons. The van der Waals surface area contributed by atoms with Crippen molar-refractivity contribution in [2.24, 2.45) is 5.92 Å². The van der Waals surface area contributed by atoms with Crippen molar-refractivity contribution < 1.29 is 0 Å². The van der Waals surface area contributed by atoms with Crippen molar-refractivity contribution in [3.05, 3.63) is 0 Å². The van der Waals surface area contributed by atoms with E-state index in [1.165, 1.54) is 39.0 Å². The van der Waals surface area contributed by atoms with Crippen molar-refractivity contribution in [1.82, 2.24) is 20.0 Å². The van der Waals surface area contributed by atoms with E-state index in [-0.39, 0.29) is 0 Å². The smallest absolute Gasteiger partial charge is 0.0271 e. The molecule has 112 valence electrons. The molecule has 2 aliphatic heterocycles. The molecule has 0 spiro atoms. The van der Waals surface area contributed by atoms with E-state index in [9.17, 15) is 0 Å². The Morgan fingerprint density at radius 2 is 1.63 bits per heavy atom. The first-order chi connectivity index (χ1) is 9.09. The number of hydrogen-bond acceptors (Lipinski definition) is 4. The number of nitrogens with one attached hydrogen (secondary N) is 1. The Morgan fingerprint density at radius 3 is 2.16 bits per heavy atom. The summed E-state index contributed by atoms with van der Waals surface area (Å²) >= 11 is 0. The molecule has 0 aliphatic carbocycles. The van der Waals surface area contributed by atoms with Gasteiger partial charge in [0.25, 0.3) is 0 Å². The van der Waals surface area contributed by atoms with Crippen LogP contribution in [0.3, 0.4) is 0 Å². The van der Waals surface area contributed by atoms with Crippen molar-refractivity contribution in [2.75, 3.05) is 60.4 Å². The summed E-state index contributed by atoms with van der Waals surface area (Å²) in [5.74, 6) is 0.857. The third-order valence-corrected chi connectivity index (χ3v) is 5.06. The van der Waals surface area contributed by atoms with Crippen molar-refractivity contribution in [3.63, 3.8) is 0 Å². The number of rotatable bonds is 4. The van der Waals surface area contributed by atoms with E-state index in [1.54, 1.807) is 0 Å². The van der Waals surface area contributed by atoms with Gasteiger partial charge in [-0.25, -0.2) is 0 Å². The van der Waals surface area contributed by atoms with E-state index in [2.05, 4.69) is 48.1 Å². The standard InChI is InChI=1S/C15H32N4/c1-13(19-11-7-16-8-12-19)15(17(2)3)14-5-9-18(4)10-6-14/h13-16H,5-12H2,1-4H3. The Bertz CT molecular complexity index is 255. The summed E-state index contributed by atoms with van der Waals surface area (Å²) in [7, 11) is 6.78. The number of likely N-dealkylation sites (N-methyl/N-ethyl adjacent to an activating group) is 1.